The molecule has 0 bridgehead atoms. The molecule has 0 radical (unpaired) electrons. The zero-order valence-corrected chi connectivity index (χ0v) is 26.2. The van der Waals surface area contributed by atoms with Crippen LogP contribution in [0.5, 0.6) is 0 Å². The molecule has 2 fully saturated rings. The molecule has 0 spiro atoms. The number of carbonyl (C=O) groups is 1. The summed E-state index contributed by atoms with van der Waals surface area (Å²) in [6.45, 7) is 11.2. The summed E-state index contributed by atoms with van der Waals surface area (Å²) in [5, 5.41) is 3.41. The lowest BCUT2D eigenvalue weighted by Gasteiger charge is -2.33. The highest BCUT2D eigenvalue weighted by atomic mass is 32.2. The highest BCUT2D eigenvalue weighted by Gasteiger charge is 2.54. The van der Waals surface area contributed by atoms with Crippen molar-refractivity contribution in [3.8, 4) is 11.1 Å². The van der Waals surface area contributed by atoms with Crippen LogP contribution in [-0.4, -0.2) is 71.1 Å². The Morgan fingerprint density at radius 3 is 2.48 bits per heavy atom. The van der Waals surface area contributed by atoms with E-state index < -0.39 is 20.7 Å². The van der Waals surface area contributed by atoms with E-state index >= 15 is 0 Å². The van der Waals surface area contributed by atoms with E-state index in [1.54, 1.807) is 24.4 Å². The second kappa shape index (κ2) is 11.4. The molecule has 1 amide bonds. The number of amides is 1. The lowest BCUT2D eigenvalue weighted by Crippen LogP contribution is -2.44. The van der Waals surface area contributed by atoms with Crippen LogP contribution in [0.25, 0.3) is 22.0 Å². The summed E-state index contributed by atoms with van der Waals surface area (Å²) in [7, 11) is -1.66. The number of carbonyl (C=O) groups excluding carboxylic acids is 1. The Kier molecular flexibility index (Phi) is 7.71. The number of hydrogen-bond acceptors (Lipinski definition) is 7. The summed E-state index contributed by atoms with van der Waals surface area (Å²) in [5.74, 6) is 0.478. The molecule has 2 N–H and O–H groups in total. The third kappa shape index (κ3) is 5.35. The highest BCUT2D eigenvalue weighted by molar-refractivity contribution is 7.91. The first-order chi connectivity index (χ1) is 21.0. The predicted octanol–water partition coefficient (Wildman–Crippen LogP) is 3.98. The standard InChI is InChI=1S/C33H38N6O4S/c1-5-9-33(10-11-33)44(42,43)39-12-8-26-27(31(40)35-21-28-22(2)17-23(3)36-32(28)41)18-25(19-29(26)39)24-6-7-30(34-20-24)38-15-13-37(4)14-16-38/h5-8,12,17-20H,1,9-11,13-16,21H2,2-4H3,(H,35,40)(H,36,41). The van der Waals surface area contributed by atoms with Crippen molar-refractivity contribution in [2.24, 2.45) is 0 Å². The van der Waals surface area contributed by atoms with E-state index in [9.17, 15) is 18.0 Å². The topological polar surface area (TPSA) is 120 Å². The van der Waals surface area contributed by atoms with Crippen LogP contribution in [0.4, 0.5) is 5.82 Å². The number of aromatic nitrogens is 3. The first kappa shape index (κ1) is 29.8. The van der Waals surface area contributed by atoms with Crippen LogP contribution in [0.2, 0.25) is 0 Å². The number of nitrogens with zero attached hydrogens (tertiary/aromatic N) is 4. The maximum Gasteiger partial charge on any atom is 0.253 e. The number of rotatable bonds is 9. The third-order valence-electron chi connectivity index (χ3n) is 8.98. The van der Waals surface area contributed by atoms with E-state index in [1.165, 1.54) is 10.2 Å². The van der Waals surface area contributed by atoms with Gasteiger partial charge in [-0.1, -0.05) is 6.08 Å². The lowest BCUT2D eigenvalue weighted by molar-refractivity contribution is 0.0952. The van der Waals surface area contributed by atoms with Gasteiger partial charge in [0.1, 0.15) is 5.82 Å². The van der Waals surface area contributed by atoms with Crippen LogP contribution in [0.1, 0.15) is 46.4 Å². The molecule has 1 saturated carbocycles. The van der Waals surface area contributed by atoms with Gasteiger partial charge in [0.15, 0.2) is 0 Å². The number of fused-ring (bicyclic) bond motifs is 1. The Labute approximate surface area is 257 Å². The van der Waals surface area contributed by atoms with Gasteiger partial charge in [-0.25, -0.2) is 17.4 Å². The van der Waals surface area contributed by atoms with E-state index in [0.29, 0.717) is 46.9 Å². The quantitative estimate of drug-likeness (QED) is 0.274. The van der Waals surface area contributed by atoms with Gasteiger partial charge in [-0.05, 0) is 87.7 Å². The van der Waals surface area contributed by atoms with Crippen LogP contribution < -0.4 is 15.8 Å². The minimum Gasteiger partial charge on any atom is -0.354 e. The summed E-state index contributed by atoms with van der Waals surface area (Å²) < 4.78 is 28.3. The zero-order chi connectivity index (χ0) is 31.2. The second-order valence-corrected chi connectivity index (χ2v) is 14.3. The number of pyridine rings is 2. The Hall–Kier alpha value is -4.22. The Bertz CT molecular complexity index is 1910. The number of aromatic amines is 1. The highest BCUT2D eigenvalue weighted by Crippen LogP contribution is 2.48. The van der Waals surface area contributed by atoms with Gasteiger partial charge in [0.05, 0.1) is 10.3 Å². The maximum atomic E-state index is 13.9. The molecule has 10 nitrogen and oxygen atoms in total. The number of likely N-dealkylation sites (N-methyl/N-ethyl adjacent to an activating group) is 1. The van der Waals surface area contributed by atoms with Gasteiger partial charge >= 0.3 is 0 Å². The van der Waals surface area contributed by atoms with Crippen molar-refractivity contribution in [2.75, 3.05) is 38.1 Å². The maximum absolute atomic E-state index is 13.9. The summed E-state index contributed by atoms with van der Waals surface area (Å²) in [4.78, 5) is 38.4. The fourth-order valence-electron chi connectivity index (χ4n) is 6.11. The average molecular weight is 615 g/mol. The van der Waals surface area contributed by atoms with Crippen molar-refractivity contribution in [2.45, 2.75) is 44.4 Å². The van der Waals surface area contributed by atoms with Crippen LogP contribution >= 0.6 is 0 Å². The van der Waals surface area contributed by atoms with Crippen molar-refractivity contribution < 1.29 is 13.2 Å². The molecule has 2 aliphatic rings. The van der Waals surface area contributed by atoms with Crippen molar-refractivity contribution in [3.63, 3.8) is 0 Å². The van der Waals surface area contributed by atoms with E-state index in [0.717, 1.165) is 48.8 Å². The number of piperazine rings is 1. The number of benzene rings is 1. The van der Waals surface area contributed by atoms with Crippen LogP contribution in [0.3, 0.4) is 0 Å². The molecule has 44 heavy (non-hydrogen) atoms. The minimum atomic E-state index is -3.77. The first-order valence-corrected chi connectivity index (χ1v) is 16.4. The van der Waals surface area contributed by atoms with Crippen LogP contribution in [-0.2, 0) is 16.6 Å². The molecule has 230 valence electrons. The second-order valence-electron chi connectivity index (χ2n) is 12.1. The Morgan fingerprint density at radius 2 is 1.84 bits per heavy atom. The largest absolute Gasteiger partial charge is 0.354 e. The van der Waals surface area contributed by atoms with E-state index in [1.807, 2.05) is 38.1 Å². The van der Waals surface area contributed by atoms with Crippen molar-refractivity contribution in [3.05, 3.63) is 94.2 Å². The number of allylic oxidation sites excluding steroid dienone is 1. The van der Waals surface area contributed by atoms with Crippen molar-refractivity contribution >= 4 is 32.7 Å². The summed E-state index contributed by atoms with van der Waals surface area (Å²) in [6.07, 6.45) is 6.46. The van der Waals surface area contributed by atoms with Gasteiger partial charge in [0, 0.05) is 72.9 Å². The number of nitrogens with one attached hydrogen (secondary N) is 2. The summed E-state index contributed by atoms with van der Waals surface area (Å²) >= 11 is 0. The summed E-state index contributed by atoms with van der Waals surface area (Å²) in [6, 6.07) is 11.0. The van der Waals surface area contributed by atoms with Gasteiger partial charge in [0.25, 0.3) is 11.5 Å². The molecule has 1 aliphatic carbocycles. The molecule has 1 aliphatic heterocycles. The summed E-state index contributed by atoms with van der Waals surface area (Å²) in [5.41, 5.74) is 3.94. The Morgan fingerprint density at radius 1 is 1.09 bits per heavy atom. The number of H-pyrrole nitrogens is 1. The number of hydrogen-bond donors (Lipinski definition) is 2. The van der Waals surface area contributed by atoms with E-state index in [2.05, 4.69) is 33.7 Å². The molecule has 4 heterocycles. The fraction of sp³-hybridized carbons (Fsp3) is 0.364. The normalized spacial score (nSPS) is 16.7. The molecule has 6 rings (SSSR count). The van der Waals surface area contributed by atoms with Gasteiger partial charge in [-0.2, -0.15) is 0 Å². The predicted molar refractivity (Wildman–Crippen MR) is 174 cm³/mol. The smallest absolute Gasteiger partial charge is 0.253 e. The van der Waals surface area contributed by atoms with E-state index in [-0.39, 0.29) is 12.1 Å². The molecule has 3 aromatic heterocycles. The molecule has 11 heteroatoms. The van der Waals surface area contributed by atoms with Crippen LogP contribution in [0.15, 0.2) is 66.2 Å². The fourth-order valence-corrected chi connectivity index (χ4v) is 8.10. The molecular formula is C33H38N6O4S. The van der Waals surface area contributed by atoms with Gasteiger partial charge in [-0.3, -0.25) is 9.59 Å². The average Bonchev–Trinajstić information content (AvgIpc) is 3.66. The van der Waals surface area contributed by atoms with E-state index in [4.69, 9.17) is 4.98 Å². The SMILES string of the molecule is C=CCC1(S(=O)(=O)n2ccc3c(C(=O)NCc4c(C)cc(C)[nH]c4=O)cc(-c4ccc(N5CCN(C)CC5)nc4)cc32)CC1. The molecule has 0 atom stereocenters. The Balaban J connectivity index is 1.40. The number of anilines is 1. The van der Waals surface area contributed by atoms with Gasteiger partial charge in [0.2, 0.25) is 10.0 Å². The van der Waals surface area contributed by atoms with Crippen molar-refractivity contribution in [1.29, 1.82) is 0 Å². The number of aryl methyl sites for hydroxylation is 2. The molecule has 0 unspecified atom stereocenters. The molecule has 1 aromatic carbocycles. The van der Waals surface area contributed by atoms with Gasteiger partial charge in [-0.15, -0.1) is 6.58 Å². The molecular weight excluding hydrogens is 576 g/mol. The molecule has 4 aromatic rings. The zero-order valence-electron chi connectivity index (χ0n) is 25.4. The first-order valence-electron chi connectivity index (χ1n) is 14.9. The van der Waals surface area contributed by atoms with Crippen molar-refractivity contribution in [1.82, 2.24) is 24.2 Å². The third-order valence-corrected chi connectivity index (χ3v) is 11.5. The lowest BCUT2D eigenvalue weighted by atomic mass is 10.0. The van der Waals surface area contributed by atoms with Gasteiger partial charge < -0.3 is 20.1 Å². The van der Waals surface area contributed by atoms with Crippen LogP contribution in [0, 0.1) is 13.8 Å². The molecule has 1 saturated heterocycles. The monoisotopic (exact) mass is 614 g/mol. The minimum absolute atomic E-state index is 0.0364.